The average Bonchev–Trinajstić information content (AvgIpc) is 3.25. The molecule has 0 aliphatic carbocycles. The summed E-state index contributed by atoms with van der Waals surface area (Å²) in [6, 6.07) is 2.69. The standard InChI is InChI=1S/C18H30N4OS2/c23-15-18-13-20(4-2-6-22-5-1-3-19-22)9-16(18)10-21(14-18)17-11-24-7-8-25-12-17/h1,3,5,16-17,23H,2,4,6-15H2. The van der Waals surface area contributed by atoms with Gasteiger partial charge in [0, 0.05) is 79.6 Å². The summed E-state index contributed by atoms with van der Waals surface area (Å²) < 4.78 is 2.02. The molecular formula is C18H30N4OS2. The minimum Gasteiger partial charge on any atom is -0.396 e. The van der Waals surface area contributed by atoms with E-state index in [0.29, 0.717) is 18.6 Å². The van der Waals surface area contributed by atoms with Crippen molar-refractivity contribution in [2.45, 2.75) is 19.0 Å². The van der Waals surface area contributed by atoms with Gasteiger partial charge in [-0.05, 0) is 24.9 Å². The van der Waals surface area contributed by atoms with Crippen LogP contribution in [-0.4, -0.2) is 93.1 Å². The maximum absolute atomic E-state index is 10.2. The summed E-state index contributed by atoms with van der Waals surface area (Å²) in [5.41, 5.74) is 0.118. The summed E-state index contributed by atoms with van der Waals surface area (Å²) >= 11 is 4.22. The molecular weight excluding hydrogens is 352 g/mol. The van der Waals surface area contributed by atoms with Gasteiger partial charge in [0.1, 0.15) is 0 Å². The summed E-state index contributed by atoms with van der Waals surface area (Å²) in [6.45, 7) is 6.95. The molecule has 3 aliphatic rings. The van der Waals surface area contributed by atoms with Crippen LogP contribution in [0.25, 0.3) is 0 Å². The molecule has 4 rings (SSSR count). The molecule has 1 aromatic rings. The van der Waals surface area contributed by atoms with Crippen molar-refractivity contribution in [2.24, 2.45) is 11.3 Å². The Hall–Kier alpha value is -0.210. The van der Waals surface area contributed by atoms with E-state index in [1.807, 2.05) is 23.1 Å². The Labute approximate surface area is 159 Å². The summed E-state index contributed by atoms with van der Waals surface area (Å²) in [4.78, 5) is 5.28. The van der Waals surface area contributed by atoms with Crippen molar-refractivity contribution in [1.29, 1.82) is 0 Å². The molecule has 3 aliphatic heterocycles. The van der Waals surface area contributed by atoms with Crippen LogP contribution in [0.15, 0.2) is 18.5 Å². The zero-order chi connectivity index (χ0) is 17.1. The van der Waals surface area contributed by atoms with E-state index in [2.05, 4.69) is 38.4 Å². The number of nitrogens with zero attached hydrogens (tertiary/aromatic N) is 4. The molecule has 4 heterocycles. The molecule has 0 saturated carbocycles. The first-order valence-corrected chi connectivity index (χ1v) is 11.8. The quantitative estimate of drug-likeness (QED) is 0.801. The van der Waals surface area contributed by atoms with Crippen molar-refractivity contribution in [3.05, 3.63) is 18.5 Å². The molecule has 25 heavy (non-hydrogen) atoms. The van der Waals surface area contributed by atoms with E-state index < -0.39 is 0 Å². The van der Waals surface area contributed by atoms with Crippen LogP contribution in [0.5, 0.6) is 0 Å². The predicted octanol–water partition coefficient (Wildman–Crippen LogP) is 1.35. The number of hydrogen-bond acceptors (Lipinski definition) is 6. The fourth-order valence-electron chi connectivity index (χ4n) is 4.71. The SMILES string of the molecule is OCC12CN(CCCn3cccn3)CC1CN(C1CSCCSC1)C2. The molecule has 3 fully saturated rings. The number of likely N-dealkylation sites (tertiary alicyclic amines) is 2. The minimum absolute atomic E-state index is 0.118. The number of aliphatic hydroxyl groups is 1. The maximum atomic E-state index is 10.2. The second-order valence-corrected chi connectivity index (χ2v) is 10.1. The highest BCUT2D eigenvalue weighted by Gasteiger charge is 2.52. The molecule has 2 atom stereocenters. The smallest absolute Gasteiger partial charge is 0.0515 e. The molecule has 2 unspecified atom stereocenters. The first-order valence-electron chi connectivity index (χ1n) is 9.49. The zero-order valence-corrected chi connectivity index (χ0v) is 16.6. The number of aromatic nitrogens is 2. The molecule has 0 bridgehead atoms. The molecule has 7 heteroatoms. The minimum atomic E-state index is 0.118. The Morgan fingerprint density at radius 2 is 1.96 bits per heavy atom. The lowest BCUT2D eigenvalue weighted by Gasteiger charge is -2.31. The second-order valence-electron chi connectivity index (χ2n) is 7.81. The van der Waals surface area contributed by atoms with Crippen LogP contribution in [0, 0.1) is 11.3 Å². The number of rotatable bonds is 6. The predicted molar refractivity (Wildman–Crippen MR) is 106 cm³/mol. The third-order valence-corrected chi connectivity index (χ3v) is 8.59. The Morgan fingerprint density at radius 1 is 1.12 bits per heavy atom. The van der Waals surface area contributed by atoms with Crippen LogP contribution in [0.2, 0.25) is 0 Å². The number of hydrogen-bond donors (Lipinski definition) is 1. The van der Waals surface area contributed by atoms with Crippen molar-refractivity contribution >= 4 is 23.5 Å². The third-order valence-electron chi connectivity index (χ3n) is 6.10. The normalized spacial score (nSPS) is 32.1. The maximum Gasteiger partial charge on any atom is 0.0515 e. The highest BCUT2D eigenvalue weighted by molar-refractivity contribution is 8.03. The lowest BCUT2D eigenvalue weighted by Crippen LogP contribution is -2.42. The molecule has 1 N–H and O–H groups in total. The van der Waals surface area contributed by atoms with Crippen molar-refractivity contribution in [3.63, 3.8) is 0 Å². The fraction of sp³-hybridized carbons (Fsp3) is 0.833. The van der Waals surface area contributed by atoms with Crippen LogP contribution in [0.3, 0.4) is 0 Å². The monoisotopic (exact) mass is 382 g/mol. The Kier molecular flexibility index (Phi) is 5.97. The number of aliphatic hydroxyl groups excluding tert-OH is 1. The van der Waals surface area contributed by atoms with Crippen molar-refractivity contribution in [2.75, 3.05) is 62.3 Å². The van der Waals surface area contributed by atoms with E-state index in [1.165, 1.54) is 29.6 Å². The first kappa shape index (κ1) is 18.2. The first-order chi connectivity index (χ1) is 12.3. The molecule has 0 amide bonds. The number of thioether (sulfide) groups is 2. The summed E-state index contributed by atoms with van der Waals surface area (Å²) in [6.07, 6.45) is 5.02. The molecule has 3 saturated heterocycles. The fourth-order valence-corrected chi connectivity index (χ4v) is 7.34. The van der Waals surface area contributed by atoms with E-state index in [9.17, 15) is 5.11 Å². The van der Waals surface area contributed by atoms with Gasteiger partial charge in [-0.3, -0.25) is 9.58 Å². The lowest BCUT2D eigenvalue weighted by molar-refractivity contribution is 0.108. The molecule has 0 radical (unpaired) electrons. The van der Waals surface area contributed by atoms with Gasteiger partial charge in [-0.15, -0.1) is 0 Å². The van der Waals surface area contributed by atoms with Gasteiger partial charge in [-0.1, -0.05) is 0 Å². The molecule has 140 valence electrons. The van der Waals surface area contributed by atoms with Gasteiger partial charge in [0.25, 0.3) is 0 Å². The highest BCUT2D eigenvalue weighted by atomic mass is 32.2. The van der Waals surface area contributed by atoms with Crippen LogP contribution in [-0.2, 0) is 6.54 Å². The average molecular weight is 383 g/mol. The Morgan fingerprint density at radius 3 is 2.64 bits per heavy atom. The summed E-state index contributed by atoms with van der Waals surface area (Å²) in [7, 11) is 0. The van der Waals surface area contributed by atoms with Crippen LogP contribution in [0.1, 0.15) is 6.42 Å². The van der Waals surface area contributed by atoms with Gasteiger partial charge >= 0.3 is 0 Å². The molecule has 5 nitrogen and oxygen atoms in total. The Bertz CT molecular complexity index is 535. The summed E-state index contributed by atoms with van der Waals surface area (Å²) in [5, 5.41) is 14.5. The van der Waals surface area contributed by atoms with Crippen LogP contribution >= 0.6 is 23.5 Å². The van der Waals surface area contributed by atoms with E-state index in [0.717, 1.165) is 39.1 Å². The van der Waals surface area contributed by atoms with E-state index in [-0.39, 0.29) is 5.41 Å². The molecule has 1 aromatic heterocycles. The zero-order valence-electron chi connectivity index (χ0n) is 14.9. The highest BCUT2D eigenvalue weighted by Crippen LogP contribution is 2.43. The van der Waals surface area contributed by atoms with E-state index in [4.69, 9.17) is 0 Å². The lowest BCUT2D eigenvalue weighted by atomic mass is 9.82. The topological polar surface area (TPSA) is 44.5 Å². The van der Waals surface area contributed by atoms with Gasteiger partial charge in [-0.2, -0.15) is 28.6 Å². The number of aryl methyl sites for hydroxylation is 1. The van der Waals surface area contributed by atoms with Crippen LogP contribution in [0.4, 0.5) is 0 Å². The largest absolute Gasteiger partial charge is 0.396 e. The van der Waals surface area contributed by atoms with Crippen molar-refractivity contribution in [3.8, 4) is 0 Å². The van der Waals surface area contributed by atoms with Gasteiger partial charge in [-0.25, -0.2) is 0 Å². The van der Waals surface area contributed by atoms with Crippen molar-refractivity contribution < 1.29 is 5.11 Å². The number of fused-ring (bicyclic) bond motifs is 1. The van der Waals surface area contributed by atoms with E-state index >= 15 is 0 Å². The molecule has 0 spiro atoms. The van der Waals surface area contributed by atoms with Gasteiger partial charge < -0.3 is 10.0 Å². The van der Waals surface area contributed by atoms with Crippen molar-refractivity contribution in [1.82, 2.24) is 19.6 Å². The Balaban J connectivity index is 1.30. The second kappa shape index (κ2) is 8.21. The third kappa shape index (κ3) is 4.05. The van der Waals surface area contributed by atoms with Gasteiger partial charge in [0.15, 0.2) is 0 Å². The summed E-state index contributed by atoms with van der Waals surface area (Å²) in [5.74, 6) is 5.78. The van der Waals surface area contributed by atoms with Crippen LogP contribution < -0.4 is 0 Å². The van der Waals surface area contributed by atoms with E-state index in [1.54, 1.807) is 0 Å². The molecule has 0 aromatic carbocycles. The van der Waals surface area contributed by atoms with Gasteiger partial charge in [0.2, 0.25) is 0 Å². The van der Waals surface area contributed by atoms with Gasteiger partial charge in [0.05, 0.1) is 6.61 Å².